The summed E-state index contributed by atoms with van der Waals surface area (Å²) in [5.41, 5.74) is 5.36. The number of fused-ring (bicyclic) bond motifs is 3. The number of aromatic nitrogens is 1. The minimum Gasteiger partial charge on any atom is -0.326 e. The number of hydrogen-bond acceptors (Lipinski definition) is 2. The molecule has 0 aliphatic carbocycles. The molecule has 2 aliphatic heterocycles. The van der Waals surface area contributed by atoms with E-state index in [1.807, 2.05) is 0 Å². The van der Waals surface area contributed by atoms with Crippen LogP contribution in [-0.2, 0) is 17.9 Å². The highest BCUT2D eigenvalue weighted by atomic mass is 16.2. The van der Waals surface area contributed by atoms with Crippen LogP contribution in [0.25, 0.3) is 10.9 Å². The molecule has 2 aromatic rings. The lowest BCUT2D eigenvalue weighted by Gasteiger charge is -2.31. The Morgan fingerprint density at radius 3 is 2.68 bits per heavy atom. The molecule has 1 fully saturated rings. The molecule has 4 rings (SSSR count). The maximum atomic E-state index is 12.7. The Morgan fingerprint density at radius 1 is 1.08 bits per heavy atom. The molecule has 3 heterocycles. The van der Waals surface area contributed by atoms with E-state index >= 15 is 0 Å². The lowest BCUT2D eigenvalue weighted by Crippen LogP contribution is -2.41. The molecule has 25 heavy (non-hydrogen) atoms. The second-order valence-electron chi connectivity index (χ2n) is 7.72. The summed E-state index contributed by atoms with van der Waals surface area (Å²) >= 11 is 0. The van der Waals surface area contributed by atoms with E-state index in [2.05, 4.69) is 46.4 Å². The molecule has 0 bridgehead atoms. The molecule has 0 atom stereocenters. The van der Waals surface area contributed by atoms with E-state index in [9.17, 15) is 4.79 Å². The Bertz CT molecular complexity index is 786. The van der Waals surface area contributed by atoms with Crippen molar-refractivity contribution < 1.29 is 4.79 Å². The summed E-state index contributed by atoms with van der Waals surface area (Å²) < 4.78 is 2.35. The number of aryl methyl sites for hydroxylation is 2. The van der Waals surface area contributed by atoms with Crippen molar-refractivity contribution in [2.45, 2.75) is 52.6 Å². The molecular formula is C21H29N3O. The van der Waals surface area contributed by atoms with Crippen LogP contribution in [0.4, 0.5) is 0 Å². The summed E-state index contributed by atoms with van der Waals surface area (Å²) in [7, 11) is 0. The van der Waals surface area contributed by atoms with Gasteiger partial charge < -0.3 is 14.4 Å². The van der Waals surface area contributed by atoms with Crippen LogP contribution in [0.2, 0.25) is 0 Å². The molecular weight excluding hydrogens is 310 g/mol. The van der Waals surface area contributed by atoms with Crippen molar-refractivity contribution in [1.82, 2.24) is 14.4 Å². The summed E-state index contributed by atoms with van der Waals surface area (Å²) in [5, 5.41) is 1.35. The Labute approximate surface area is 150 Å². The average Bonchev–Trinajstić information content (AvgIpc) is 2.92. The van der Waals surface area contributed by atoms with Gasteiger partial charge in [0.1, 0.15) is 0 Å². The van der Waals surface area contributed by atoms with E-state index in [-0.39, 0.29) is 0 Å². The van der Waals surface area contributed by atoms with Crippen LogP contribution in [0.3, 0.4) is 0 Å². The van der Waals surface area contributed by atoms with Gasteiger partial charge in [-0.3, -0.25) is 4.79 Å². The number of carbonyl (C=O) groups is 1. The van der Waals surface area contributed by atoms with Crippen molar-refractivity contribution in [2.24, 2.45) is 0 Å². The first-order valence-corrected chi connectivity index (χ1v) is 9.72. The molecule has 0 saturated carbocycles. The van der Waals surface area contributed by atoms with Gasteiger partial charge >= 0.3 is 0 Å². The maximum absolute atomic E-state index is 12.7. The fraction of sp³-hybridized carbons (Fsp3) is 0.571. The first-order chi connectivity index (χ1) is 12.1. The Balaban J connectivity index is 1.47. The highest BCUT2D eigenvalue weighted by Crippen LogP contribution is 2.29. The zero-order chi connectivity index (χ0) is 17.4. The standard InChI is InChI=1S/C21H29N3O/c1-16-6-7-20-18(14-16)17(2)19-8-13-23(15-24(19)20)21(25)9-12-22-10-4-3-5-11-22/h6-7,14H,3-5,8-13,15H2,1-2H3. The van der Waals surface area contributed by atoms with Gasteiger partial charge in [-0.15, -0.1) is 0 Å². The number of rotatable bonds is 3. The number of amides is 1. The molecule has 0 N–H and O–H groups in total. The molecule has 134 valence electrons. The number of nitrogens with zero attached hydrogens (tertiary/aromatic N) is 3. The van der Waals surface area contributed by atoms with Crippen LogP contribution in [0.15, 0.2) is 18.2 Å². The first-order valence-electron chi connectivity index (χ1n) is 9.72. The molecule has 0 spiro atoms. The lowest BCUT2D eigenvalue weighted by molar-refractivity contribution is -0.133. The van der Waals surface area contributed by atoms with Crippen LogP contribution < -0.4 is 0 Å². The van der Waals surface area contributed by atoms with Gasteiger partial charge in [-0.1, -0.05) is 18.1 Å². The molecule has 4 heteroatoms. The van der Waals surface area contributed by atoms with E-state index in [1.165, 1.54) is 47.0 Å². The highest BCUT2D eigenvalue weighted by Gasteiger charge is 2.24. The summed E-state index contributed by atoms with van der Waals surface area (Å²) in [4.78, 5) is 17.2. The van der Waals surface area contributed by atoms with E-state index in [4.69, 9.17) is 0 Å². The van der Waals surface area contributed by atoms with E-state index < -0.39 is 0 Å². The topological polar surface area (TPSA) is 28.5 Å². The van der Waals surface area contributed by atoms with Gasteiger partial charge in [-0.2, -0.15) is 0 Å². The van der Waals surface area contributed by atoms with Gasteiger partial charge in [0.05, 0.1) is 12.2 Å². The van der Waals surface area contributed by atoms with Gasteiger partial charge in [-0.05, 0) is 57.5 Å². The first kappa shape index (κ1) is 16.6. The van der Waals surface area contributed by atoms with Gasteiger partial charge in [-0.25, -0.2) is 0 Å². The monoisotopic (exact) mass is 339 g/mol. The summed E-state index contributed by atoms with van der Waals surface area (Å²) in [6.45, 7) is 9.19. The lowest BCUT2D eigenvalue weighted by atomic mass is 10.1. The van der Waals surface area contributed by atoms with Crippen molar-refractivity contribution in [1.29, 1.82) is 0 Å². The van der Waals surface area contributed by atoms with Crippen LogP contribution in [0.1, 0.15) is 42.5 Å². The minimum atomic E-state index is 0.308. The quantitative estimate of drug-likeness (QED) is 0.856. The van der Waals surface area contributed by atoms with Crippen LogP contribution >= 0.6 is 0 Å². The average molecular weight is 339 g/mol. The van der Waals surface area contributed by atoms with Gasteiger partial charge in [0.15, 0.2) is 0 Å². The number of benzene rings is 1. The van der Waals surface area contributed by atoms with Crippen molar-refractivity contribution in [3.8, 4) is 0 Å². The Hall–Kier alpha value is -1.81. The molecule has 1 saturated heterocycles. The molecule has 4 nitrogen and oxygen atoms in total. The second-order valence-corrected chi connectivity index (χ2v) is 7.72. The number of carbonyl (C=O) groups excluding carboxylic acids is 1. The zero-order valence-electron chi connectivity index (χ0n) is 15.6. The van der Waals surface area contributed by atoms with Crippen molar-refractivity contribution in [3.63, 3.8) is 0 Å². The third-order valence-corrected chi connectivity index (χ3v) is 5.98. The fourth-order valence-electron chi connectivity index (χ4n) is 4.45. The normalized spacial score (nSPS) is 18.6. The van der Waals surface area contributed by atoms with Crippen molar-refractivity contribution in [2.75, 3.05) is 26.2 Å². The third kappa shape index (κ3) is 3.20. The SMILES string of the molecule is Cc1ccc2c(c1)c(C)c1n2CN(C(=O)CCN2CCCCC2)CC1. The molecule has 1 aromatic heterocycles. The second kappa shape index (κ2) is 6.83. The van der Waals surface area contributed by atoms with Gasteiger partial charge in [0, 0.05) is 37.0 Å². The largest absolute Gasteiger partial charge is 0.326 e. The fourth-order valence-corrected chi connectivity index (χ4v) is 4.45. The summed E-state index contributed by atoms with van der Waals surface area (Å²) in [5.74, 6) is 0.308. The smallest absolute Gasteiger partial charge is 0.225 e. The molecule has 2 aliphatic rings. The highest BCUT2D eigenvalue weighted by molar-refractivity contribution is 5.86. The Morgan fingerprint density at radius 2 is 1.88 bits per heavy atom. The number of piperidine rings is 1. The van der Waals surface area contributed by atoms with Crippen molar-refractivity contribution >= 4 is 16.8 Å². The number of hydrogen-bond donors (Lipinski definition) is 0. The third-order valence-electron chi connectivity index (χ3n) is 5.98. The molecule has 0 unspecified atom stereocenters. The molecule has 0 radical (unpaired) electrons. The van der Waals surface area contributed by atoms with E-state index in [1.54, 1.807) is 0 Å². The Kier molecular flexibility index (Phi) is 4.55. The summed E-state index contributed by atoms with van der Waals surface area (Å²) in [6, 6.07) is 6.66. The van der Waals surface area contributed by atoms with E-state index in [0.29, 0.717) is 19.0 Å². The van der Waals surface area contributed by atoms with Crippen LogP contribution in [0, 0.1) is 13.8 Å². The minimum absolute atomic E-state index is 0.308. The predicted octanol–water partition coefficient (Wildman–Crippen LogP) is 3.48. The zero-order valence-corrected chi connectivity index (χ0v) is 15.6. The van der Waals surface area contributed by atoms with Crippen LogP contribution in [0.5, 0.6) is 0 Å². The van der Waals surface area contributed by atoms with Gasteiger partial charge in [0.25, 0.3) is 0 Å². The van der Waals surface area contributed by atoms with Crippen molar-refractivity contribution in [3.05, 3.63) is 35.0 Å². The van der Waals surface area contributed by atoms with E-state index in [0.717, 1.165) is 32.6 Å². The summed E-state index contributed by atoms with van der Waals surface area (Å²) in [6.07, 6.45) is 5.55. The van der Waals surface area contributed by atoms with Gasteiger partial charge in [0.2, 0.25) is 5.91 Å². The maximum Gasteiger partial charge on any atom is 0.225 e. The molecule has 1 amide bonds. The predicted molar refractivity (Wildman–Crippen MR) is 102 cm³/mol. The van der Waals surface area contributed by atoms with Crippen LogP contribution in [-0.4, -0.2) is 46.5 Å². The molecule has 1 aromatic carbocycles. The number of likely N-dealkylation sites (tertiary alicyclic amines) is 1.